The van der Waals surface area contributed by atoms with Crippen LogP contribution in [0.3, 0.4) is 0 Å². The Hall–Kier alpha value is -1.30. The maximum atomic E-state index is 2.16. The van der Waals surface area contributed by atoms with Gasteiger partial charge in [0.1, 0.15) is 0 Å². The van der Waals surface area contributed by atoms with Crippen LogP contribution in [0.2, 0.25) is 0 Å². The Balaban J connectivity index is 3.07. The van der Waals surface area contributed by atoms with Gasteiger partial charge in [-0.3, -0.25) is 0 Å². The summed E-state index contributed by atoms with van der Waals surface area (Å²) in [6.07, 6.45) is 4.30. The standard InChI is InChI=1S/C13H16/c1-4-11(3)13(5-2)12-9-7-6-8-10-12/h4-10H,1-3H3/b11-4-,13-5+. The first-order valence-electron chi connectivity index (χ1n) is 4.64. The van der Waals surface area contributed by atoms with E-state index >= 15 is 0 Å². The number of allylic oxidation sites excluding steroid dienone is 4. The molecule has 1 aromatic rings. The minimum atomic E-state index is 1.29. The lowest BCUT2D eigenvalue weighted by Gasteiger charge is -2.06. The third-order valence-electron chi connectivity index (χ3n) is 2.23. The van der Waals surface area contributed by atoms with Gasteiger partial charge < -0.3 is 0 Å². The average molecular weight is 172 g/mol. The lowest BCUT2D eigenvalue weighted by atomic mass is 9.99. The molecule has 0 N–H and O–H groups in total. The fourth-order valence-corrected chi connectivity index (χ4v) is 1.40. The van der Waals surface area contributed by atoms with Crippen molar-refractivity contribution in [3.8, 4) is 0 Å². The Morgan fingerprint density at radius 2 is 1.62 bits per heavy atom. The van der Waals surface area contributed by atoms with E-state index in [0.717, 1.165) is 0 Å². The van der Waals surface area contributed by atoms with E-state index in [-0.39, 0.29) is 0 Å². The molecule has 0 atom stereocenters. The van der Waals surface area contributed by atoms with E-state index in [1.807, 2.05) is 6.07 Å². The van der Waals surface area contributed by atoms with E-state index < -0.39 is 0 Å². The smallest absolute Gasteiger partial charge is 0.0185 e. The highest BCUT2D eigenvalue weighted by atomic mass is 14.0. The highest BCUT2D eigenvalue weighted by molar-refractivity contribution is 5.77. The van der Waals surface area contributed by atoms with Crippen molar-refractivity contribution in [2.24, 2.45) is 0 Å². The first-order chi connectivity index (χ1) is 6.29. The minimum Gasteiger partial charge on any atom is -0.0841 e. The Bertz CT molecular complexity index is 315. The van der Waals surface area contributed by atoms with Crippen molar-refractivity contribution in [2.45, 2.75) is 20.8 Å². The number of benzene rings is 1. The van der Waals surface area contributed by atoms with Crippen molar-refractivity contribution < 1.29 is 0 Å². The topological polar surface area (TPSA) is 0 Å². The van der Waals surface area contributed by atoms with Gasteiger partial charge in [0.15, 0.2) is 0 Å². The van der Waals surface area contributed by atoms with Crippen molar-refractivity contribution in [3.63, 3.8) is 0 Å². The van der Waals surface area contributed by atoms with Crippen LogP contribution in [0.4, 0.5) is 0 Å². The molecule has 0 radical (unpaired) electrons. The normalized spacial score (nSPS) is 13.2. The fourth-order valence-electron chi connectivity index (χ4n) is 1.40. The minimum absolute atomic E-state index is 1.29. The first-order valence-corrected chi connectivity index (χ1v) is 4.64. The summed E-state index contributed by atoms with van der Waals surface area (Å²) in [5, 5.41) is 0. The molecule has 0 unspecified atom stereocenters. The highest BCUT2D eigenvalue weighted by Gasteiger charge is 1.99. The summed E-state index contributed by atoms with van der Waals surface area (Å²) in [5.74, 6) is 0. The Morgan fingerprint density at radius 1 is 1.00 bits per heavy atom. The molecular formula is C13H16. The molecule has 0 spiro atoms. The maximum Gasteiger partial charge on any atom is -0.0185 e. The second-order valence-corrected chi connectivity index (χ2v) is 3.04. The fraction of sp³-hybridized carbons (Fsp3) is 0.231. The third-order valence-corrected chi connectivity index (χ3v) is 2.23. The molecule has 1 rings (SSSR count). The number of hydrogen-bond donors (Lipinski definition) is 0. The highest BCUT2D eigenvalue weighted by Crippen LogP contribution is 2.21. The van der Waals surface area contributed by atoms with E-state index in [9.17, 15) is 0 Å². The number of rotatable bonds is 2. The van der Waals surface area contributed by atoms with Crippen LogP contribution < -0.4 is 0 Å². The lowest BCUT2D eigenvalue weighted by Crippen LogP contribution is -1.84. The summed E-state index contributed by atoms with van der Waals surface area (Å²) in [6, 6.07) is 10.5. The Kier molecular flexibility index (Phi) is 3.51. The van der Waals surface area contributed by atoms with Crippen LogP contribution in [0.25, 0.3) is 5.57 Å². The van der Waals surface area contributed by atoms with Crippen molar-refractivity contribution in [1.29, 1.82) is 0 Å². The van der Waals surface area contributed by atoms with Gasteiger partial charge in [-0.05, 0) is 37.5 Å². The average Bonchev–Trinajstić information content (AvgIpc) is 2.20. The van der Waals surface area contributed by atoms with Gasteiger partial charge in [-0.1, -0.05) is 42.5 Å². The molecular weight excluding hydrogens is 156 g/mol. The van der Waals surface area contributed by atoms with E-state index in [2.05, 4.69) is 57.2 Å². The molecule has 0 nitrogen and oxygen atoms in total. The summed E-state index contributed by atoms with van der Waals surface area (Å²) < 4.78 is 0. The molecule has 1 aromatic carbocycles. The van der Waals surface area contributed by atoms with Crippen LogP contribution in [0.1, 0.15) is 26.3 Å². The molecule has 0 aliphatic heterocycles. The molecule has 0 saturated heterocycles. The van der Waals surface area contributed by atoms with Gasteiger partial charge in [-0.2, -0.15) is 0 Å². The molecule has 0 saturated carbocycles. The van der Waals surface area contributed by atoms with Crippen LogP contribution in [0.15, 0.2) is 48.1 Å². The predicted octanol–water partition coefficient (Wildman–Crippen LogP) is 4.06. The van der Waals surface area contributed by atoms with Crippen LogP contribution in [0, 0.1) is 0 Å². The summed E-state index contributed by atoms with van der Waals surface area (Å²) in [6.45, 7) is 6.29. The van der Waals surface area contributed by atoms with E-state index in [1.54, 1.807) is 0 Å². The predicted molar refractivity (Wildman–Crippen MR) is 59.5 cm³/mol. The van der Waals surface area contributed by atoms with Crippen LogP contribution in [-0.2, 0) is 0 Å². The largest absolute Gasteiger partial charge is 0.0841 e. The van der Waals surface area contributed by atoms with Gasteiger partial charge in [0.05, 0.1) is 0 Å². The van der Waals surface area contributed by atoms with E-state index in [1.165, 1.54) is 16.7 Å². The third kappa shape index (κ3) is 2.32. The molecule has 0 bridgehead atoms. The molecule has 0 aromatic heterocycles. The monoisotopic (exact) mass is 172 g/mol. The Labute approximate surface area is 80.6 Å². The van der Waals surface area contributed by atoms with Crippen molar-refractivity contribution >= 4 is 5.57 Å². The van der Waals surface area contributed by atoms with Gasteiger partial charge in [-0.15, -0.1) is 0 Å². The zero-order valence-electron chi connectivity index (χ0n) is 8.54. The molecule has 0 heterocycles. The molecule has 0 aliphatic carbocycles. The van der Waals surface area contributed by atoms with E-state index in [4.69, 9.17) is 0 Å². The van der Waals surface area contributed by atoms with Gasteiger partial charge in [0.2, 0.25) is 0 Å². The van der Waals surface area contributed by atoms with E-state index in [0.29, 0.717) is 0 Å². The van der Waals surface area contributed by atoms with Gasteiger partial charge >= 0.3 is 0 Å². The van der Waals surface area contributed by atoms with Crippen LogP contribution >= 0.6 is 0 Å². The first kappa shape index (κ1) is 9.79. The molecule has 0 heteroatoms. The zero-order chi connectivity index (χ0) is 9.68. The van der Waals surface area contributed by atoms with Gasteiger partial charge in [0.25, 0.3) is 0 Å². The maximum absolute atomic E-state index is 2.16. The molecule has 13 heavy (non-hydrogen) atoms. The summed E-state index contributed by atoms with van der Waals surface area (Å²) in [7, 11) is 0. The van der Waals surface area contributed by atoms with Crippen molar-refractivity contribution in [1.82, 2.24) is 0 Å². The molecule has 0 fully saturated rings. The summed E-state index contributed by atoms with van der Waals surface area (Å²) >= 11 is 0. The van der Waals surface area contributed by atoms with Gasteiger partial charge in [0, 0.05) is 0 Å². The SMILES string of the molecule is C/C=C(C)\C(=C/C)c1ccccc1. The molecule has 68 valence electrons. The molecule has 0 amide bonds. The van der Waals surface area contributed by atoms with Crippen LogP contribution in [0.5, 0.6) is 0 Å². The zero-order valence-corrected chi connectivity index (χ0v) is 8.54. The van der Waals surface area contributed by atoms with Crippen LogP contribution in [-0.4, -0.2) is 0 Å². The van der Waals surface area contributed by atoms with Gasteiger partial charge in [-0.25, -0.2) is 0 Å². The summed E-state index contributed by atoms with van der Waals surface area (Å²) in [5.41, 5.74) is 3.94. The quantitative estimate of drug-likeness (QED) is 0.590. The second kappa shape index (κ2) is 4.66. The number of hydrogen-bond acceptors (Lipinski definition) is 0. The Morgan fingerprint density at radius 3 is 2.08 bits per heavy atom. The molecule has 0 aliphatic rings. The lowest BCUT2D eigenvalue weighted by molar-refractivity contribution is 1.45. The summed E-state index contributed by atoms with van der Waals surface area (Å²) in [4.78, 5) is 0. The second-order valence-electron chi connectivity index (χ2n) is 3.04. The van der Waals surface area contributed by atoms with Crippen molar-refractivity contribution in [2.75, 3.05) is 0 Å². The van der Waals surface area contributed by atoms with Crippen molar-refractivity contribution in [3.05, 3.63) is 53.6 Å².